The van der Waals surface area contributed by atoms with Crippen LogP contribution in [-0.4, -0.2) is 14.1 Å². The molecule has 6 nitrogen and oxygen atoms in total. The second-order valence-electron chi connectivity index (χ2n) is 15.3. The summed E-state index contributed by atoms with van der Waals surface area (Å²) < 4.78 is 19.5. The summed E-state index contributed by atoms with van der Waals surface area (Å²) in [5, 5.41) is 1.93. The Bertz CT molecular complexity index is 3110. The molecule has 0 saturated carbocycles. The first-order chi connectivity index (χ1) is 27.8. The van der Waals surface area contributed by atoms with Gasteiger partial charge in [0.1, 0.15) is 5.58 Å². The zero-order valence-electron chi connectivity index (χ0n) is 32.9. The number of hydrogen-bond donors (Lipinski definition) is 0. The van der Waals surface area contributed by atoms with E-state index in [4.69, 9.17) is 14.1 Å². The van der Waals surface area contributed by atoms with E-state index in [1.54, 1.807) is 0 Å². The van der Waals surface area contributed by atoms with E-state index in [-0.39, 0.29) is 32.9 Å². The molecule has 7 aromatic carbocycles. The molecule has 7 heteroatoms. The predicted octanol–water partition coefficient (Wildman–Crippen LogP) is 12.5. The Labute approximate surface area is 352 Å². The van der Waals surface area contributed by atoms with Crippen molar-refractivity contribution in [3.8, 4) is 45.4 Å². The molecule has 0 spiro atoms. The topological polar surface area (TPSA) is 49.0 Å². The third kappa shape index (κ3) is 6.33. The molecule has 3 heterocycles. The van der Waals surface area contributed by atoms with Gasteiger partial charge in [-0.1, -0.05) is 124 Å². The van der Waals surface area contributed by atoms with Crippen LogP contribution in [0, 0.1) is 18.5 Å². The van der Waals surface area contributed by atoms with Crippen molar-refractivity contribution in [2.75, 3.05) is 0 Å². The van der Waals surface area contributed by atoms with Gasteiger partial charge in [-0.15, -0.1) is 35.9 Å². The molecule has 0 aliphatic carbocycles. The smallest absolute Gasteiger partial charge is 0.242 e. The molecule has 0 amide bonds. The molecular formula is C51H40N4O2Pt-2. The van der Waals surface area contributed by atoms with Crippen LogP contribution in [0.2, 0.25) is 0 Å². The van der Waals surface area contributed by atoms with Crippen LogP contribution < -0.4 is 9.30 Å². The Morgan fingerprint density at radius 2 is 1.34 bits per heavy atom. The standard InChI is InChI=1S/C51H40N4O2.Pt/c1-32(2)40-27-36(34-16-7-6-8-17-34)28-41(33(3)4)49(40)55-44-22-11-10-21-43(44)52-51(55)35-18-15-19-37(26-35)56-38-29-42-39-20-9-14-25-48(39)57-50(42)47(30-38)54-31-53(5)45-23-12-13-24-46(45)54;/h6-25,27-29,32-33H,1-5H3;/q-2;. The molecule has 58 heavy (non-hydrogen) atoms. The van der Waals surface area contributed by atoms with Crippen LogP contribution in [0.4, 0.5) is 0 Å². The number of benzene rings is 7. The Morgan fingerprint density at radius 1 is 0.655 bits per heavy atom. The van der Waals surface area contributed by atoms with Crippen LogP contribution in [0.5, 0.6) is 11.5 Å². The fraction of sp³-hybridized carbons (Fsp3) is 0.137. The average Bonchev–Trinajstić information content (AvgIpc) is 3.92. The van der Waals surface area contributed by atoms with Gasteiger partial charge in [0, 0.05) is 49.2 Å². The number of furan rings is 1. The maximum absolute atomic E-state index is 6.73. The van der Waals surface area contributed by atoms with Crippen LogP contribution in [0.15, 0.2) is 144 Å². The van der Waals surface area contributed by atoms with E-state index in [2.05, 4.69) is 136 Å². The number of rotatable bonds is 8. The Kier molecular flexibility index (Phi) is 9.62. The van der Waals surface area contributed by atoms with E-state index >= 15 is 0 Å². The Balaban J connectivity index is 0.00000436. The monoisotopic (exact) mass is 935 g/mol. The van der Waals surface area contributed by atoms with E-state index in [1.165, 1.54) is 27.9 Å². The Hall–Kier alpha value is -6.23. The van der Waals surface area contributed by atoms with Gasteiger partial charge < -0.3 is 22.9 Å². The summed E-state index contributed by atoms with van der Waals surface area (Å²) in [4.78, 5) is 5.29. The molecule has 288 valence electrons. The molecule has 3 aromatic heterocycles. The zero-order valence-corrected chi connectivity index (χ0v) is 35.1. The minimum atomic E-state index is 0. The fourth-order valence-electron chi connectivity index (χ4n) is 8.11. The molecule has 0 aliphatic heterocycles. The summed E-state index contributed by atoms with van der Waals surface area (Å²) >= 11 is 0. The van der Waals surface area contributed by atoms with Gasteiger partial charge in [0.2, 0.25) is 6.33 Å². The molecule has 0 saturated heterocycles. The predicted molar refractivity (Wildman–Crippen MR) is 228 cm³/mol. The van der Waals surface area contributed by atoms with Gasteiger partial charge in [0.25, 0.3) is 0 Å². The first-order valence-corrected chi connectivity index (χ1v) is 19.5. The molecule has 0 aliphatic rings. The van der Waals surface area contributed by atoms with Crippen LogP contribution in [-0.2, 0) is 28.1 Å². The maximum Gasteiger partial charge on any atom is 0.242 e. The summed E-state index contributed by atoms with van der Waals surface area (Å²) in [6.07, 6.45) is 3.47. The largest absolute Gasteiger partial charge is 0.521 e. The third-order valence-corrected chi connectivity index (χ3v) is 10.9. The number of ether oxygens (including phenoxy) is 1. The van der Waals surface area contributed by atoms with E-state index < -0.39 is 0 Å². The van der Waals surface area contributed by atoms with Gasteiger partial charge in [0.05, 0.1) is 34.9 Å². The van der Waals surface area contributed by atoms with Crippen molar-refractivity contribution in [2.24, 2.45) is 7.05 Å². The summed E-state index contributed by atoms with van der Waals surface area (Å²) in [6, 6.07) is 55.3. The number of aromatic nitrogens is 4. The van der Waals surface area contributed by atoms with E-state index in [0.717, 1.165) is 55.5 Å². The summed E-state index contributed by atoms with van der Waals surface area (Å²) in [7, 11) is 1.99. The zero-order chi connectivity index (χ0) is 38.8. The van der Waals surface area contributed by atoms with Crippen molar-refractivity contribution in [3.63, 3.8) is 0 Å². The third-order valence-electron chi connectivity index (χ3n) is 10.9. The van der Waals surface area contributed by atoms with E-state index in [9.17, 15) is 0 Å². The molecule has 0 bridgehead atoms. The molecule has 0 unspecified atom stereocenters. The molecule has 0 atom stereocenters. The number of fused-ring (bicyclic) bond motifs is 5. The summed E-state index contributed by atoms with van der Waals surface area (Å²) in [5.41, 5.74) is 13.2. The van der Waals surface area contributed by atoms with Crippen molar-refractivity contribution in [1.82, 2.24) is 14.1 Å². The van der Waals surface area contributed by atoms with E-state index in [0.29, 0.717) is 17.1 Å². The second-order valence-corrected chi connectivity index (χ2v) is 15.3. The van der Waals surface area contributed by atoms with Crippen LogP contribution >= 0.6 is 0 Å². The summed E-state index contributed by atoms with van der Waals surface area (Å²) in [5.74, 6) is 2.41. The molecule has 0 radical (unpaired) electrons. The number of hydrogen-bond acceptors (Lipinski definition) is 3. The first-order valence-electron chi connectivity index (χ1n) is 19.5. The van der Waals surface area contributed by atoms with Crippen molar-refractivity contribution < 1.29 is 34.8 Å². The van der Waals surface area contributed by atoms with Crippen molar-refractivity contribution in [1.29, 1.82) is 0 Å². The number of aryl methyl sites for hydroxylation is 1. The van der Waals surface area contributed by atoms with Crippen molar-refractivity contribution in [3.05, 3.63) is 169 Å². The van der Waals surface area contributed by atoms with Crippen LogP contribution in [0.25, 0.3) is 77.9 Å². The SMILES string of the molecule is CC(C)c1cc(-c2ccccc2)cc(C(C)C)c1-n1c(-c2[c-]c(Oc3[c-]c(-[n+]4[c-]n(C)c5ccccc54)c4oc5ccccc5c4c3)ccc2)nc2ccccc21.[Pt]. The number of para-hydroxylation sites is 5. The van der Waals surface area contributed by atoms with E-state index in [1.807, 2.05) is 70.8 Å². The normalized spacial score (nSPS) is 11.7. The summed E-state index contributed by atoms with van der Waals surface area (Å²) in [6.45, 7) is 9.10. The number of imidazole rings is 2. The van der Waals surface area contributed by atoms with Gasteiger partial charge in [-0.3, -0.25) is 4.98 Å². The molecule has 10 aromatic rings. The number of nitrogens with zero attached hydrogens (tertiary/aromatic N) is 4. The van der Waals surface area contributed by atoms with Crippen LogP contribution in [0.3, 0.4) is 0 Å². The van der Waals surface area contributed by atoms with Crippen LogP contribution in [0.1, 0.15) is 50.7 Å². The van der Waals surface area contributed by atoms with Crippen molar-refractivity contribution >= 4 is 44.0 Å². The minimum Gasteiger partial charge on any atom is -0.521 e. The van der Waals surface area contributed by atoms with Gasteiger partial charge >= 0.3 is 0 Å². The first kappa shape index (κ1) is 37.4. The van der Waals surface area contributed by atoms with Gasteiger partial charge in [-0.05, 0) is 70.1 Å². The minimum absolute atomic E-state index is 0. The van der Waals surface area contributed by atoms with Gasteiger partial charge in [-0.25, -0.2) is 0 Å². The molecule has 10 rings (SSSR count). The maximum atomic E-state index is 6.73. The van der Waals surface area contributed by atoms with Gasteiger partial charge in [0.15, 0.2) is 0 Å². The average molecular weight is 936 g/mol. The molecule has 0 fully saturated rings. The second kappa shape index (κ2) is 14.9. The van der Waals surface area contributed by atoms with Crippen molar-refractivity contribution in [2.45, 2.75) is 39.5 Å². The molecular weight excluding hydrogens is 896 g/mol. The quantitative estimate of drug-likeness (QED) is 0.113. The van der Waals surface area contributed by atoms with Gasteiger partial charge in [-0.2, -0.15) is 0 Å². The molecule has 0 N–H and O–H groups in total. The Morgan fingerprint density at radius 3 is 2.12 bits per heavy atom. The fourth-order valence-corrected chi connectivity index (χ4v) is 8.11.